The Morgan fingerprint density at radius 3 is 3.07 bits per heavy atom. The lowest BCUT2D eigenvalue weighted by Crippen LogP contribution is -2.02. The van der Waals surface area contributed by atoms with Crippen molar-refractivity contribution in [2.75, 3.05) is 6.54 Å². The highest BCUT2D eigenvalue weighted by molar-refractivity contribution is 5.50. The van der Waals surface area contributed by atoms with Crippen molar-refractivity contribution in [3.63, 3.8) is 0 Å². The molecule has 0 aliphatic heterocycles. The minimum Gasteiger partial charge on any atom is -0.439 e. The second-order valence-electron chi connectivity index (χ2n) is 3.00. The van der Waals surface area contributed by atoms with Crippen molar-refractivity contribution in [2.24, 2.45) is 12.8 Å². The van der Waals surface area contributed by atoms with E-state index in [2.05, 4.69) is 10.1 Å². The Hall–Kier alpha value is -1.62. The SMILES string of the molecule is Cn1nccc1-c1cnc(CCN)o1. The summed E-state index contributed by atoms with van der Waals surface area (Å²) < 4.78 is 7.24. The number of aryl methyl sites for hydroxylation is 1. The van der Waals surface area contributed by atoms with Crippen LogP contribution in [0.25, 0.3) is 11.5 Å². The van der Waals surface area contributed by atoms with Gasteiger partial charge in [0.2, 0.25) is 0 Å². The quantitative estimate of drug-likeness (QED) is 0.772. The number of nitrogens with zero attached hydrogens (tertiary/aromatic N) is 3. The van der Waals surface area contributed by atoms with Gasteiger partial charge in [-0.25, -0.2) is 4.98 Å². The molecular weight excluding hydrogens is 180 g/mol. The molecule has 5 nitrogen and oxygen atoms in total. The molecule has 0 radical (unpaired) electrons. The number of rotatable bonds is 3. The predicted octanol–water partition coefficient (Wildman–Crippen LogP) is 0.576. The number of hydrogen-bond donors (Lipinski definition) is 1. The van der Waals surface area contributed by atoms with Gasteiger partial charge >= 0.3 is 0 Å². The average Bonchev–Trinajstić information content (AvgIpc) is 2.74. The smallest absolute Gasteiger partial charge is 0.196 e. The van der Waals surface area contributed by atoms with Crippen molar-refractivity contribution in [1.82, 2.24) is 14.8 Å². The molecule has 2 aromatic rings. The normalized spacial score (nSPS) is 10.7. The summed E-state index contributed by atoms with van der Waals surface area (Å²) in [6.45, 7) is 0.547. The van der Waals surface area contributed by atoms with Crippen molar-refractivity contribution in [2.45, 2.75) is 6.42 Å². The maximum atomic E-state index is 5.50. The van der Waals surface area contributed by atoms with Crippen LogP contribution in [0.4, 0.5) is 0 Å². The highest BCUT2D eigenvalue weighted by Crippen LogP contribution is 2.18. The molecule has 0 aromatic carbocycles. The van der Waals surface area contributed by atoms with Crippen LogP contribution in [0, 0.1) is 0 Å². The van der Waals surface area contributed by atoms with Crippen LogP contribution < -0.4 is 5.73 Å². The third-order valence-corrected chi connectivity index (χ3v) is 1.99. The summed E-state index contributed by atoms with van der Waals surface area (Å²) >= 11 is 0. The van der Waals surface area contributed by atoms with E-state index in [9.17, 15) is 0 Å². The van der Waals surface area contributed by atoms with Gasteiger partial charge in [-0.2, -0.15) is 5.10 Å². The van der Waals surface area contributed by atoms with Gasteiger partial charge in [0.1, 0.15) is 5.69 Å². The number of oxazole rings is 1. The molecule has 0 amide bonds. The Balaban J connectivity index is 2.29. The van der Waals surface area contributed by atoms with E-state index in [0.717, 1.165) is 11.5 Å². The van der Waals surface area contributed by atoms with Crippen LogP contribution in [0.2, 0.25) is 0 Å². The highest BCUT2D eigenvalue weighted by atomic mass is 16.4. The van der Waals surface area contributed by atoms with Crippen molar-refractivity contribution in [1.29, 1.82) is 0 Å². The zero-order valence-corrected chi connectivity index (χ0v) is 7.97. The summed E-state index contributed by atoms with van der Waals surface area (Å²) in [4.78, 5) is 4.12. The summed E-state index contributed by atoms with van der Waals surface area (Å²) in [5.41, 5.74) is 6.32. The van der Waals surface area contributed by atoms with Crippen LogP contribution in [0.15, 0.2) is 22.9 Å². The van der Waals surface area contributed by atoms with Crippen molar-refractivity contribution < 1.29 is 4.42 Å². The van der Waals surface area contributed by atoms with Crippen LogP contribution in [0.1, 0.15) is 5.89 Å². The monoisotopic (exact) mass is 192 g/mol. The molecule has 0 aliphatic rings. The maximum absolute atomic E-state index is 5.50. The molecule has 0 spiro atoms. The highest BCUT2D eigenvalue weighted by Gasteiger charge is 2.08. The molecule has 5 heteroatoms. The first kappa shape index (κ1) is 8.96. The first-order valence-corrected chi connectivity index (χ1v) is 4.44. The summed E-state index contributed by atoms with van der Waals surface area (Å²) in [5, 5.41) is 4.05. The fourth-order valence-corrected chi connectivity index (χ4v) is 1.28. The molecule has 0 unspecified atom stereocenters. The first-order chi connectivity index (χ1) is 6.81. The number of nitrogens with two attached hydrogens (primary N) is 1. The average molecular weight is 192 g/mol. The molecular formula is C9H12N4O. The summed E-state index contributed by atoms with van der Waals surface area (Å²) in [5.74, 6) is 1.40. The third kappa shape index (κ3) is 1.54. The second kappa shape index (κ2) is 3.63. The van der Waals surface area contributed by atoms with Gasteiger partial charge in [-0.3, -0.25) is 4.68 Å². The van der Waals surface area contributed by atoms with E-state index in [0.29, 0.717) is 18.9 Å². The summed E-state index contributed by atoms with van der Waals surface area (Å²) in [6, 6.07) is 1.88. The van der Waals surface area contributed by atoms with Crippen molar-refractivity contribution in [3.05, 3.63) is 24.4 Å². The maximum Gasteiger partial charge on any atom is 0.196 e. The van der Waals surface area contributed by atoms with Crippen LogP contribution in [0.5, 0.6) is 0 Å². The molecule has 0 fully saturated rings. The standard InChI is InChI=1S/C9H12N4O/c1-13-7(3-5-12-13)8-6-11-9(14-8)2-4-10/h3,5-6H,2,4,10H2,1H3. The molecule has 74 valence electrons. The lowest BCUT2D eigenvalue weighted by atomic mass is 10.3. The number of aromatic nitrogens is 3. The van der Waals surface area contributed by atoms with Crippen LogP contribution in [-0.4, -0.2) is 21.3 Å². The molecule has 2 aromatic heterocycles. The molecule has 0 bridgehead atoms. The lowest BCUT2D eigenvalue weighted by molar-refractivity contribution is 0.503. The molecule has 2 N–H and O–H groups in total. The topological polar surface area (TPSA) is 69.9 Å². The first-order valence-electron chi connectivity index (χ1n) is 4.44. The minimum atomic E-state index is 0.547. The van der Waals surface area contributed by atoms with Crippen LogP contribution >= 0.6 is 0 Å². The van der Waals surface area contributed by atoms with Crippen molar-refractivity contribution >= 4 is 0 Å². The Morgan fingerprint density at radius 1 is 1.57 bits per heavy atom. The predicted molar refractivity (Wildman–Crippen MR) is 51.5 cm³/mol. The van der Waals surface area contributed by atoms with Crippen LogP contribution in [-0.2, 0) is 13.5 Å². The molecule has 0 atom stereocenters. The molecule has 0 saturated heterocycles. The van der Waals surface area contributed by atoms with E-state index in [1.807, 2.05) is 13.1 Å². The Morgan fingerprint density at radius 2 is 2.43 bits per heavy atom. The molecule has 0 saturated carbocycles. The molecule has 2 heterocycles. The molecule has 0 aliphatic carbocycles. The van der Waals surface area contributed by atoms with Gasteiger partial charge < -0.3 is 10.2 Å². The Labute approximate surface area is 81.5 Å². The van der Waals surface area contributed by atoms with Gasteiger partial charge in [-0.15, -0.1) is 0 Å². The van der Waals surface area contributed by atoms with Gasteiger partial charge in [0, 0.05) is 26.2 Å². The fraction of sp³-hybridized carbons (Fsp3) is 0.333. The van der Waals surface area contributed by atoms with Gasteiger partial charge in [0.05, 0.1) is 6.20 Å². The van der Waals surface area contributed by atoms with E-state index in [1.165, 1.54) is 0 Å². The largest absolute Gasteiger partial charge is 0.439 e. The van der Waals surface area contributed by atoms with Crippen LogP contribution in [0.3, 0.4) is 0 Å². The zero-order valence-electron chi connectivity index (χ0n) is 7.97. The fourth-order valence-electron chi connectivity index (χ4n) is 1.28. The number of hydrogen-bond acceptors (Lipinski definition) is 4. The van der Waals surface area contributed by atoms with E-state index in [4.69, 9.17) is 10.2 Å². The third-order valence-electron chi connectivity index (χ3n) is 1.99. The Bertz CT molecular complexity index is 418. The van der Waals surface area contributed by atoms with Gasteiger partial charge in [-0.1, -0.05) is 0 Å². The summed E-state index contributed by atoms with van der Waals surface area (Å²) in [6.07, 6.45) is 4.08. The summed E-state index contributed by atoms with van der Waals surface area (Å²) in [7, 11) is 1.86. The van der Waals surface area contributed by atoms with E-state index in [1.54, 1.807) is 17.1 Å². The van der Waals surface area contributed by atoms with Gasteiger partial charge in [0.25, 0.3) is 0 Å². The lowest BCUT2D eigenvalue weighted by Gasteiger charge is -1.95. The molecule has 2 rings (SSSR count). The van der Waals surface area contributed by atoms with E-state index < -0.39 is 0 Å². The van der Waals surface area contributed by atoms with Gasteiger partial charge in [0.15, 0.2) is 11.7 Å². The van der Waals surface area contributed by atoms with E-state index >= 15 is 0 Å². The molecule has 14 heavy (non-hydrogen) atoms. The minimum absolute atomic E-state index is 0.547. The van der Waals surface area contributed by atoms with Gasteiger partial charge in [-0.05, 0) is 6.07 Å². The zero-order chi connectivity index (χ0) is 9.97. The van der Waals surface area contributed by atoms with Crippen molar-refractivity contribution in [3.8, 4) is 11.5 Å². The second-order valence-corrected chi connectivity index (χ2v) is 3.00. The van der Waals surface area contributed by atoms with E-state index in [-0.39, 0.29) is 0 Å². The Kier molecular flexibility index (Phi) is 2.32.